The number of aromatic nitrogens is 1. The van der Waals surface area contributed by atoms with E-state index >= 15 is 0 Å². The molecule has 0 saturated carbocycles. The van der Waals surface area contributed by atoms with Gasteiger partial charge in [0.15, 0.2) is 5.13 Å². The zero-order chi connectivity index (χ0) is 15.8. The molecule has 2 aromatic rings. The number of hydrogen-bond acceptors (Lipinski definition) is 5. The van der Waals surface area contributed by atoms with Crippen molar-refractivity contribution in [2.45, 2.75) is 18.7 Å². The lowest BCUT2D eigenvalue weighted by molar-refractivity contribution is 0.414. The monoisotopic (exact) mass is 346 g/mol. The van der Waals surface area contributed by atoms with Crippen LogP contribution in [0.5, 0.6) is 5.75 Å². The highest BCUT2D eigenvalue weighted by molar-refractivity contribution is 7.93. The van der Waals surface area contributed by atoms with E-state index in [4.69, 9.17) is 16.3 Å². The zero-order valence-electron chi connectivity index (χ0n) is 12.0. The van der Waals surface area contributed by atoms with Crippen LogP contribution in [0.4, 0.5) is 5.13 Å². The second kappa shape index (κ2) is 5.82. The molecular formula is C13H15ClN2O3S2. The van der Waals surface area contributed by atoms with E-state index in [1.807, 2.05) is 13.8 Å². The number of ether oxygens (including phenoxy) is 1. The van der Waals surface area contributed by atoms with Crippen LogP contribution in [-0.4, -0.2) is 27.6 Å². The van der Waals surface area contributed by atoms with Crippen molar-refractivity contribution in [2.24, 2.45) is 0 Å². The largest absolute Gasteiger partial charge is 0.495 e. The van der Waals surface area contributed by atoms with E-state index in [0.717, 1.165) is 14.9 Å². The number of methoxy groups -OCH3 is 1. The number of hydrogen-bond donors (Lipinski definition) is 0. The minimum Gasteiger partial charge on any atom is -0.495 e. The van der Waals surface area contributed by atoms with Gasteiger partial charge in [-0.15, -0.1) is 11.3 Å². The highest BCUT2D eigenvalue weighted by Gasteiger charge is 2.25. The van der Waals surface area contributed by atoms with Gasteiger partial charge in [0.2, 0.25) is 0 Å². The van der Waals surface area contributed by atoms with Gasteiger partial charge in [0.05, 0.1) is 22.7 Å². The van der Waals surface area contributed by atoms with Gasteiger partial charge in [0, 0.05) is 11.9 Å². The SMILES string of the molecule is COc1ccc(S(=O)(=O)N(C)c2nc(C)c(C)s2)cc1Cl. The molecule has 0 spiro atoms. The van der Waals surface area contributed by atoms with Crippen LogP contribution >= 0.6 is 22.9 Å². The van der Waals surface area contributed by atoms with Crippen molar-refractivity contribution in [3.63, 3.8) is 0 Å². The number of rotatable bonds is 4. The first-order valence-corrected chi connectivity index (χ1v) is 8.67. The standard InChI is InChI=1S/C13H15ClN2O3S2/c1-8-9(2)20-13(15-8)16(3)21(17,18)10-5-6-12(19-4)11(14)7-10/h5-7H,1-4H3. The molecule has 0 radical (unpaired) electrons. The molecule has 0 amide bonds. The molecule has 5 nitrogen and oxygen atoms in total. The summed E-state index contributed by atoms with van der Waals surface area (Å²) in [6, 6.07) is 4.37. The van der Waals surface area contributed by atoms with Crippen molar-refractivity contribution in [3.05, 3.63) is 33.8 Å². The first kappa shape index (κ1) is 16.1. The van der Waals surface area contributed by atoms with Gasteiger partial charge in [-0.3, -0.25) is 0 Å². The van der Waals surface area contributed by atoms with Crippen LogP contribution in [-0.2, 0) is 10.0 Å². The lowest BCUT2D eigenvalue weighted by atomic mass is 10.3. The van der Waals surface area contributed by atoms with Gasteiger partial charge in [0.1, 0.15) is 5.75 Å². The van der Waals surface area contributed by atoms with Crippen LogP contribution in [0.2, 0.25) is 5.02 Å². The fourth-order valence-corrected chi connectivity index (χ4v) is 4.24. The van der Waals surface area contributed by atoms with Crippen molar-refractivity contribution < 1.29 is 13.2 Å². The summed E-state index contributed by atoms with van der Waals surface area (Å²) >= 11 is 7.33. The lowest BCUT2D eigenvalue weighted by Crippen LogP contribution is -2.26. The van der Waals surface area contributed by atoms with Crippen molar-refractivity contribution in [1.29, 1.82) is 0 Å². The van der Waals surface area contributed by atoms with Crippen molar-refractivity contribution >= 4 is 38.1 Å². The number of aryl methyl sites for hydroxylation is 2. The highest BCUT2D eigenvalue weighted by Crippen LogP contribution is 2.31. The smallest absolute Gasteiger partial charge is 0.265 e. The topological polar surface area (TPSA) is 59.5 Å². The number of thiazole rings is 1. The van der Waals surface area contributed by atoms with Crippen LogP contribution in [0, 0.1) is 13.8 Å². The molecule has 0 bridgehead atoms. The normalized spacial score (nSPS) is 11.5. The molecule has 21 heavy (non-hydrogen) atoms. The second-order valence-corrected chi connectivity index (χ2v) is 7.97. The van der Waals surface area contributed by atoms with E-state index in [1.54, 1.807) is 0 Å². The molecule has 8 heteroatoms. The van der Waals surface area contributed by atoms with E-state index in [1.165, 1.54) is 43.7 Å². The molecule has 0 atom stereocenters. The maximum absolute atomic E-state index is 12.6. The predicted molar refractivity (Wildman–Crippen MR) is 85.2 cm³/mol. The van der Waals surface area contributed by atoms with Crippen molar-refractivity contribution in [2.75, 3.05) is 18.5 Å². The molecule has 0 aliphatic rings. The molecule has 2 rings (SSSR count). The fraction of sp³-hybridized carbons (Fsp3) is 0.308. The Bertz CT molecular complexity index is 752. The first-order chi connectivity index (χ1) is 9.77. The molecule has 114 valence electrons. The molecule has 0 aliphatic carbocycles. The van der Waals surface area contributed by atoms with Crippen molar-refractivity contribution in [3.8, 4) is 5.75 Å². The summed E-state index contributed by atoms with van der Waals surface area (Å²) in [5, 5.41) is 0.676. The number of nitrogens with zero attached hydrogens (tertiary/aromatic N) is 2. The predicted octanol–water partition coefficient (Wildman–Crippen LogP) is 3.25. The molecular weight excluding hydrogens is 332 g/mol. The summed E-state index contributed by atoms with van der Waals surface area (Å²) in [5.74, 6) is 0.430. The molecule has 0 aliphatic heterocycles. The summed E-state index contributed by atoms with van der Waals surface area (Å²) in [5.41, 5.74) is 0.824. The summed E-state index contributed by atoms with van der Waals surface area (Å²) < 4.78 is 31.4. The maximum atomic E-state index is 12.6. The van der Waals surface area contributed by atoms with Gasteiger partial charge >= 0.3 is 0 Å². The Balaban J connectivity index is 2.43. The third-order valence-corrected chi connectivity index (χ3v) is 6.37. The Morgan fingerprint density at radius 3 is 2.48 bits per heavy atom. The number of anilines is 1. The Labute approximate surface area is 133 Å². The molecule has 1 heterocycles. The lowest BCUT2D eigenvalue weighted by Gasteiger charge is -2.16. The van der Waals surface area contributed by atoms with E-state index in [-0.39, 0.29) is 9.92 Å². The molecule has 1 aromatic carbocycles. The fourth-order valence-electron chi connectivity index (χ4n) is 1.66. The summed E-state index contributed by atoms with van der Waals surface area (Å²) in [6.07, 6.45) is 0. The zero-order valence-corrected chi connectivity index (χ0v) is 14.4. The number of sulfonamides is 1. The van der Waals surface area contributed by atoms with Crippen LogP contribution < -0.4 is 9.04 Å². The summed E-state index contributed by atoms with van der Waals surface area (Å²) in [4.78, 5) is 5.35. The quantitative estimate of drug-likeness (QED) is 0.852. The van der Waals surface area contributed by atoms with E-state index < -0.39 is 10.0 Å². The Kier molecular flexibility index (Phi) is 4.46. The molecule has 0 saturated heterocycles. The average molecular weight is 347 g/mol. The van der Waals surface area contributed by atoms with Gasteiger partial charge in [-0.2, -0.15) is 0 Å². The van der Waals surface area contributed by atoms with Gasteiger partial charge < -0.3 is 4.74 Å². The van der Waals surface area contributed by atoms with E-state index in [2.05, 4.69) is 4.98 Å². The van der Waals surface area contributed by atoms with Crippen molar-refractivity contribution in [1.82, 2.24) is 4.98 Å². The minimum atomic E-state index is -3.70. The number of benzene rings is 1. The Hall–Kier alpha value is -1.31. The molecule has 0 N–H and O–H groups in total. The highest BCUT2D eigenvalue weighted by atomic mass is 35.5. The summed E-state index contributed by atoms with van der Waals surface area (Å²) in [6.45, 7) is 3.75. The number of halogens is 1. The van der Waals surface area contributed by atoms with Gasteiger partial charge in [-0.1, -0.05) is 11.6 Å². The third kappa shape index (κ3) is 3.00. The van der Waals surface area contributed by atoms with Crippen LogP contribution in [0.3, 0.4) is 0 Å². The average Bonchev–Trinajstić information content (AvgIpc) is 2.77. The first-order valence-electron chi connectivity index (χ1n) is 6.04. The Morgan fingerprint density at radius 2 is 2.00 bits per heavy atom. The molecule has 1 aromatic heterocycles. The maximum Gasteiger partial charge on any atom is 0.265 e. The van der Waals surface area contributed by atoms with Crippen LogP contribution in [0.1, 0.15) is 10.6 Å². The molecule has 0 unspecified atom stereocenters. The van der Waals surface area contributed by atoms with E-state index in [9.17, 15) is 8.42 Å². The van der Waals surface area contributed by atoms with Crippen LogP contribution in [0.15, 0.2) is 23.1 Å². The Morgan fingerprint density at radius 1 is 1.33 bits per heavy atom. The van der Waals surface area contributed by atoms with Gasteiger partial charge in [-0.05, 0) is 32.0 Å². The van der Waals surface area contributed by atoms with Gasteiger partial charge in [-0.25, -0.2) is 17.7 Å². The van der Waals surface area contributed by atoms with E-state index in [0.29, 0.717) is 10.9 Å². The molecule has 0 fully saturated rings. The van der Waals surface area contributed by atoms with Crippen LogP contribution in [0.25, 0.3) is 0 Å². The minimum absolute atomic E-state index is 0.0984. The third-order valence-electron chi connectivity index (χ3n) is 3.07. The second-order valence-electron chi connectivity index (χ2n) is 4.41. The summed E-state index contributed by atoms with van der Waals surface area (Å²) in [7, 11) is -0.749. The van der Waals surface area contributed by atoms with Gasteiger partial charge in [0.25, 0.3) is 10.0 Å².